The summed E-state index contributed by atoms with van der Waals surface area (Å²) in [6.45, 7) is 5.00. The maximum atomic E-state index is 12.3. The van der Waals surface area contributed by atoms with Crippen LogP contribution in [0.4, 0.5) is 5.69 Å². The van der Waals surface area contributed by atoms with Gasteiger partial charge in [0.25, 0.3) is 5.89 Å². The standard InChI is InChI=1S/C17H23ClN4O3.BrH/c1-3-4-6-21-7-5-11(10-21)22-17(23)25-16(20-22)12-8-13(18)14(19)9-15(12)24-2;/h8-9,11H,3-7,10,19H2,1-2H3;1H. The van der Waals surface area contributed by atoms with Crippen molar-refractivity contribution in [3.8, 4) is 17.2 Å². The predicted octanol–water partition coefficient (Wildman–Crippen LogP) is 3.37. The monoisotopic (exact) mass is 446 g/mol. The van der Waals surface area contributed by atoms with E-state index >= 15 is 0 Å². The van der Waals surface area contributed by atoms with Crippen molar-refractivity contribution in [1.82, 2.24) is 14.7 Å². The van der Waals surface area contributed by atoms with Gasteiger partial charge in [-0.3, -0.25) is 0 Å². The maximum Gasteiger partial charge on any atom is 0.437 e. The van der Waals surface area contributed by atoms with E-state index in [0.717, 1.165) is 38.9 Å². The molecule has 1 aromatic heterocycles. The number of aromatic nitrogens is 2. The molecular weight excluding hydrogens is 424 g/mol. The van der Waals surface area contributed by atoms with Gasteiger partial charge >= 0.3 is 5.76 Å². The van der Waals surface area contributed by atoms with Crippen LogP contribution in [0.3, 0.4) is 0 Å². The molecule has 7 nitrogen and oxygen atoms in total. The molecule has 1 aliphatic heterocycles. The lowest BCUT2D eigenvalue weighted by atomic mass is 10.2. The van der Waals surface area contributed by atoms with Gasteiger partial charge in [0.2, 0.25) is 0 Å². The summed E-state index contributed by atoms with van der Waals surface area (Å²) in [7, 11) is 1.52. The summed E-state index contributed by atoms with van der Waals surface area (Å²) in [6.07, 6.45) is 3.20. The fraction of sp³-hybridized carbons (Fsp3) is 0.529. The van der Waals surface area contributed by atoms with Crippen LogP contribution in [0.15, 0.2) is 21.3 Å². The Labute approximate surface area is 167 Å². The lowest BCUT2D eigenvalue weighted by molar-refractivity contribution is 0.309. The molecule has 1 atom stereocenters. The highest BCUT2D eigenvalue weighted by molar-refractivity contribution is 8.93. The third-order valence-corrected chi connectivity index (χ3v) is 4.87. The van der Waals surface area contributed by atoms with Crippen molar-refractivity contribution in [3.05, 3.63) is 27.7 Å². The van der Waals surface area contributed by atoms with E-state index in [1.807, 2.05) is 0 Å². The Morgan fingerprint density at radius 3 is 2.92 bits per heavy atom. The molecule has 1 saturated heterocycles. The molecule has 0 amide bonds. The number of hydrogen-bond donors (Lipinski definition) is 1. The smallest absolute Gasteiger partial charge is 0.437 e. The van der Waals surface area contributed by atoms with Crippen LogP contribution in [0.2, 0.25) is 5.02 Å². The van der Waals surface area contributed by atoms with Gasteiger partial charge in [-0.2, -0.15) is 4.68 Å². The molecule has 144 valence electrons. The van der Waals surface area contributed by atoms with Crippen LogP contribution >= 0.6 is 28.6 Å². The average molecular weight is 448 g/mol. The molecule has 1 fully saturated rings. The van der Waals surface area contributed by atoms with Gasteiger partial charge in [-0.25, -0.2) is 4.79 Å². The van der Waals surface area contributed by atoms with Crippen molar-refractivity contribution >= 4 is 34.3 Å². The maximum absolute atomic E-state index is 12.3. The fourth-order valence-electron chi connectivity index (χ4n) is 3.13. The quantitative estimate of drug-likeness (QED) is 0.683. The number of nitrogen functional groups attached to an aromatic ring is 1. The van der Waals surface area contributed by atoms with Crippen molar-refractivity contribution in [1.29, 1.82) is 0 Å². The fourth-order valence-corrected chi connectivity index (χ4v) is 3.29. The van der Waals surface area contributed by atoms with E-state index in [4.69, 9.17) is 26.5 Å². The lowest BCUT2D eigenvalue weighted by Crippen LogP contribution is -2.26. The predicted molar refractivity (Wildman–Crippen MR) is 107 cm³/mol. The first-order chi connectivity index (χ1) is 12.0. The van der Waals surface area contributed by atoms with Crippen molar-refractivity contribution < 1.29 is 9.15 Å². The average Bonchev–Trinajstić information content (AvgIpc) is 3.21. The Bertz CT molecular complexity index is 808. The second kappa shape index (κ2) is 8.92. The van der Waals surface area contributed by atoms with Gasteiger partial charge in [-0.05, 0) is 25.5 Å². The highest BCUT2D eigenvalue weighted by atomic mass is 79.9. The second-order valence-electron chi connectivity index (χ2n) is 6.29. The van der Waals surface area contributed by atoms with E-state index in [1.54, 1.807) is 12.1 Å². The summed E-state index contributed by atoms with van der Waals surface area (Å²) in [5, 5.41) is 4.75. The van der Waals surface area contributed by atoms with Gasteiger partial charge in [0, 0.05) is 19.2 Å². The molecule has 1 aliphatic rings. The zero-order valence-corrected chi connectivity index (χ0v) is 17.4. The topological polar surface area (TPSA) is 86.5 Å². The molecule has 2 aromatic rings. The van der Waals surface area contributed by atoms with Gasteiger partial charge in [-0.1, -0.05) is 24.9 Å². The van der Waals surface area contributed by atoms with Gasteiger partial charge in [0.15, 0.2) is 0 Å². The molecule has 0 aliphatic carbocycles. The molecule has 3 rings (SSSR count). The Morgan fingerprint density at radius 2 is 2.23 bits per heavy atom. The molecule has 2 heterocycles. The third kappa shape index (κ3) is 4.24. The Kier molecular flexibility index (Phi) is 7.14. The molecule has 2 N–H and O–H groups in total. The molecule has 1 unspecified atom stereocenters. The lowest BCUT2D eigenvalue weighted by Gasteiger charge is -2.14. The second-order valence-corrected chi connectivity index (χ2v) is 6.70. The number of ether oxygens (including phenoxy) is 1. The van der Waals surface area contributed by atoms with E-state index in [1.165, 1.54) is 11.8 Å². The van der Waals surface area contributed by atoms with Crippen LogP contribution in [0, 0.1) is 0 Å². The summed E-state index contributed by atoms with van der Waals surface area (Å²) >= 11 is 6.09. The number of nitrogens with zero attached hydrogens (tertiary/aromatic N) is 3. The normalized spacial score (nSPS) is 17.3. The number of nitrogens with two attached hydrogens (primary N) is 1. The van der Waals surface area contributed by atoms with Crippen molar-refractivity contribution in [2.24, 2.45) is 0 Å². The van der Waals surface area contributed by atoms with E-state index < -0.39 is 5.76 Å². The molecule has 26 heavy (non-hydrogen) atoms. The largest absolute Gasteiger partial charge is 0.496 e. The van der Waals surface area contributed by atoms with Crippen LogP contribution in [0.1, 0.15) is 32.2 Å². The molecule has 9 heteroatoms. The van der Waals surface area contributed by atoms with E-state index in [-0.39, 0.29) is 28.9 Å². The summed E-state index contributed by atoms with van der Waals surface area (Å²) in [5.74, 6) is 0.189. The molecule has 1 aromatic carbocycles. The molecular formula is C17H24BrClN4O3. The van der Waals surface area contributed by atoms with Crippen LogP contribution in [-0.4, -0.2) is 41.4 Å². The first-order valence-electron chi connectivity index (χ1n) is 8.48. The molecule has 0 radical (unpaired) electrons. The first-order valence-corrected chi connectivity index (χ1v) is 8.86. The number of rotatable bonds is 6. The first kappa shape index (κ1) is 20.8. The summed E-state index contributed by atoms with van der Waals surface area (Å²) in [5.41, 5.74) is 6.70. The van der Waals surface area contributed by atoms with E-state index in [9.17, 15) is 4.79 Å². The number of halogens is 2. The molecule has 0 saturated carbocycles. The number of benzene rings is 1. The minimum atomic E-state index is -0.465. The minimum Gasteiger partial charge on any atom is -0.496 e. The highest BCUT2D eigenvalue weighted by Crippen LogP contribution is 2.35. The summed E-state index contributed by atoms with van der Waals surface area (Å²) < 4.78 is 12.1. The highest BCUT2D eigenvalue weighted by Gasteiger charge is 2.27. The Hall–Kier alpha value is -1.51. The minimum absolute atomic E-state index is 0. The summed E-state index contributed by atoms with van der Waals surface area (Å²) in [6, 6.07) is 3.23. The number of hydrogen-bond acceptors (Lipinski definition) is 6. The van der Waals surface area contributed by atoms with Crippen molar-refractivity contribution in [2.75, 3.05) is 32.5 Å². The number of anilines is 1. The van der Waals surface area contributed by atoms with E-state index in [0.29, 0.717) is 22.0 Å². The Morgan fingerprint density at radius 1 is 1.46 bits per heavy atom. The third-order valence-electron chi connectivity index (χ3n) is 4.54. The van der Waals surface area contributed by atoms with E-state index in [2.05, 4.69) is 16.9 Å². The van der Waals surface area contributed by atoms with Crippen LogP contribution in [-0.2, 0) is 0 Å². The van der Waals surface area contributed by atoms with Gasteiger partial charge < -0.3 is 19.8 Å². The van der Waals surface area contributed by atoms with Crippen molar-refractivity contribution in [2.45, 2.75) is 32.2 Å². The van der Waals surface area contributed by atoms with Crippen LogP contribution in [0.5, 0.6) is 5.75 Å². The van der Waals surface area contributed by atoms with Gasteiger partial charge in [0.1, 0.15) is 5.75 Å². The zero-order chi connectivity index (χ0) is 18.0. The zero-order valence-electron chi connectivity index (χ0n) is 14.9. The Balaban J connectivity index is 0.00000243. The SMILES string of the molecule is Br.CCCCN1CCC(n2nc(-c3cc(Cl)c(N)cc3OC)oc2=O)C1. The number of methoxy groups -OCH3 is 1. The van der Waals surface area contributed by atoms with Crippen molar-refractivity contribution in [3.63, 3.8) is 0 Å². The molecule has 0 spiro atoms. The number of unbranched alkanes of at least 4 members (excludes halogenated alkanes) is 1. The summed E-state index contributed by atoms with van der Waals surface area (Å²) in [4.78, 5) is 14.6. The van der Waals surface area contributed by atoms with Crippen LogP contribution in [0.25, 0.3) is 11.5 Å². The van der Waals surface area contributed by atoms with Crippen LogP contribution < -0.4 is 16.2 Å². The molecule has 0 bridgehead atoms. The van der Waals surface area contributed by atoms with Gasteiger partial charge in [0.05, 0.1) is 29.4 Å². The van der Waals surface area contributed by atoms with Gasteiger partial charge in [-0.15, -0.1) is 22.1 Å². The number of likely N-dealkylation sites (tertiary alicyclic amines) is 1.